The molecule has 1 amide bonds. The molecule has 2 aliphatic rings. The largest absolute Gasteiger partial charge is 0.336 e. The minimum atomic E-state index is -3.51. The van der Waals surface area contributed by atoms with Gasteiger partial charge in [-0.15, -0.1) is 11.3 Å². The standard InChI is InChI=1S/C20H25N3O3S2/c24-20(22-12-10-21(11-13-22)16-18-6-4-14-27-18)17-5-3-7-19(15-17)28(25,26)23-8-1-2-9-23/h3-7,14-15H,1-2,8-13,16H2. The molecule has 2 aliphatic heterocycles. The zero-order valence-electron chi connectivity index (χ0n) is 15.8. The Bertz CT molecular complexity index is 914. The third-order valence-electron chi connectivity index (χ3n) is 5.40. The van der Waals surface area contributed by atoms with Crippen LogP contribution in [0.1, 0.15) is 28.1 Å². The van der Waals surface area contributed by atoms with Crippen LogP contribution in [-0.2, 0) is 16.6 Å². The fraction of sp³-hybridized carbons (Fsp3) is 0.450. The number of hydrogen-bond donors (Lipinski definition) is 0. The summed E-state index contributed by atoms with van der Waals surface area (Å²) in [4.78, 5) is 18.7. The van der Waals surface area contributed by atoms with Crippen LogP contribution in [0.2, 0.25) is 0 Å². The highest BCUT2D eigenvalue weighted by molar-refractivity contribution is 7.89. The molecule has 28 heavy (non-hydrogen) atoms. The second kappa shape index (κ2) is 8.32. The van der Waals surface area contributed by atoms with Gasteiger partial charge in [-0.1, -0.05) is 12.1 Å². The number of nitrogens with zero attached hydrogens (tertiary/aromatic N) is 3. The summed E-state index contributed by atoms with van der Waals surface area (Å²) in [5.74, 6) is -0.0887. The van der Waals surface area contributed by atoms with Crippen LogP contribution in [0.15, 0.2) is 46.7 Å². The summed E-state index contributed by atoms with van der Waals surface area (Å²) < 4.78 is 27.1. The maximum absolute atomic E-state index is 12.9. The number of rotatable bonds is 5. The molecule has 4 rings (SSSR count). The first-order valence-electron chi connectivity index (χ1n) is 9.68. The summed E-state index contributed by atoms with van der Waals surface area (Å²) in [6, 6.07) is 10.7. The summed E-state index contributed by atoms with van der Waals surface area (Å²) in [6.45, 7) is 5.02. The molecule has 0 saturated carbocycles. The number of hydrogen-bond acceptors (Lipinski definition) is 5. The van der Waals surface area contributed by atoms with Crippen molar-refractivity contribution in [1.29, 1.82) is 0 Å². The van der Waals surface area contributed by atoms with Gasteiger partial charge >= 0.3 is 0 Å². The van der Waals surface area contributed by atoms with Gasteiger partial charge in [0, 0.05) is 56.3 Å². The Hall–Kier alpha value is -1.74. The van der Waals surface area contributed by atoms with E-state index < -0.39 is 10.0 Å². The van der Waals surface area contributed by atoms with Crippen molar-refractivity contribution >= 4 is 27.3 Å². The molecule has 1 aromatic heterocycles. The van der Waals surface area contributed by atoms with Gasteiger partial charge in [0.25, 0.3) is 5.91 Å². The maximum atomic E-state index is 12.9. The van der Waals surface area contributed by atoms with Gasteiger partial charge < -0.3 is 4.90 Å². The van der Waals surface area contributed by atoms with E-state index in [0.717, 1.165) is 32.5 Å². The van der Waals surface area contributed by atoms with E-state index in [9.17, 15) is 13.2 Å². The Morgan fingerprint density at radius 2 is 1.71 bits per heavy atom. The molecule has 0 bridgehead atoms. The van der Waals surface area contributed by atoms with Crippen molar-refractivity contribution in [2.24, 2.45) is 0 Å². The SMILES string of the molecule is O=C(c1cccc(S(=O)(=O)N2CCCC2)c1)N1CCN(Cc2cccs2)CC1. The molecular weight excluding hydrogens is 394 g/mol. The quantitative estimate of drug-likeness (QED) is 0.747. The molecule has 2 aromatic rings. The van der Waals surface area contributed by atoms with Gasteiger partial charge in [-0.2, -0.15) is 4.31 Å². The average molecular weight is 420 g/mol. The van der Waals surface area contributed by atoms with Crippen molar-refractivity contribution in [1.82, 2.24) is 14.1 Å². The third-order valence-corrected chi connectivity index (χ3v) is 8.16. The van der Waals surface area contributed by atoms with Crippen LogP contribution < -0.4 is 0 Å². The van der Waals surface area contributed by atoms with E-state index in [1.807, 2.05) is 4.90 Å². The van der Waals surface area contributed by atoms with Crippen molar-refractivity contribution in [3.63, 3.8) is 0 Å². The molecule has 3 heterocycles. The second-order valence-electron chi connectivity index (χ2n) is 7.29. The molecule has 8 heteroatoms. The molecule has 0 aliphatic carbocycles. The summed E-state index contributed by atoms with van der Waals surface area (Å²) in [5, 5.41) is 2.08. The number of piperazine rings is 1. The van der Waals surface area contributed by atoms with Crippen molar-refractivity contribution < 1.29 is 13.2 Å². The van der Waals surface area contributed by atoms with Gasteiger partial charge in [-0.3, -0.25) is 9.69 Å². The van der Waals surface area contributed by atoms with Crippen LogP contribution >= 0.6 is 11.3 Å². The Balaban J connectivity index is 1.41. The minimum Gasteiger partial charge on any atom is -0.336 e. The fourth-order valence-electron chi connectivity index (χ4n) is 3.78. The highest BCUT2D eigenvalue weighted by atomic mass is 32.2. The van der Waals surface area contributed by atoms with E-state index in [4.69, 9.17) is 0 Å². The molecule has 150 valence electrons. The number of thiophene rings is 1. The molecule has 0 spiro atoms. The van der Waals surface area contributed by atoms with E-state index >= 15 is 0 Å². The lowest BCUT2D eigenvalue weighted by atomic mass is 10.2. The second-order valence-corrected chi connectivity index (χ2v) is 10.3. The molecule has 1 aromatic carbocycles. The number of sulfonamides is 1. The molecule has 0 atom stereocenters. The number of benzene rings is 1. The molecular formula is C20H25N3O3S2. The normalized spacial score (nSPS) is 19.2. The van der Waals surface area contributed by atoms with Crippen LogP contribution in [0.4, 0.5) is 0 Å². The Kier molecular flexibility index (Phi) is 5.82. The monoisotopic (exact) mass is 419 g/mol. The van der Waals surface area contributed by atoms with Crippen LogP contribution in [0.25, 0.3) is 0 Å². The first-order valence-corrected chi connectivity index (χ1v) is 12.0. The van der Waals surface area contributed by atoms with Gasteiger partial charge in [0.1, 0.15) is 0 Å². The molecule has 0 N–H and O–H groups in total. The lowest BCUT2D eigenvalue weighted by molar-refractivity contribution is 0.0629. The lowest BCUT2D eigenvalue weighted by Crippen LogP contribution is -2.48. The van der Waals surface area contributed by atoms with Crippen molar-refractivity contribution in [3.05, 3.63) is 52.2 Å². The van der Waals surface area contributed by atoms with Gasteiger partial charge in [-0.05, 0) is 42.5 Å². The maximum Gasteiger partial charge on any atom is 0.253 e. The zero-order valence-corrected chi connectivity index (χ0v) is 17.4. The van der Waals surface area contributed by atoms with Crippen molar-refractivity contribution in [2.45, 2.75) is 24.3 Å². The first-order chi connectivity index (χ1) is 13.5. The third kappa shape index (κ3) is 4.15. The van der Waals surface area contributed by atoms with Crippen LogP contribution in [0, 0.1) is 0 Å². The Labute approximate surface area is 170 Å². The van der Waals surface area contributed by atoms with Gasteiger partial charge in [0.15, 0.2) is 0 Å². The molecule has 2 saturated heterocycles. The van der Waals surface area contributed by atoms with Crippen LogP contribution in [-0.4, -0.2) is 67.7 Å². The number of amides is 1. The predicted octanol–water partition coefficient (Wildman–Crippen LogP) is 2.49. The molecule has 0 unspecified atom stereocenters. The number of carbonyl (C=O) groups is 1. The van der Waals surface area contributed by atoms with Gasteiger partial charge in [0.05, 0.1) is 4.90 Å². The van der Waals surface area contributed by atoms with E-state index in [2.05, 4.69) is 22.4 Å². The van der Waals surface area contributed by atoms with Gasteiger partial charge in [-0.25, -0.2) is 8.42 Å². The highest BCUT2D eigenvalue weighted by Gasteiger charge is 2.28. The average Bonchev–Trinajstić information content (AvgIpc) is 3.43. The Morgan fingerprint density at radius 3 is 2.39 bits per heavy atom. The van der Waals surface area contributed by atoms with Gasteiger partial charge in [0.2, 0.25) is 10.0 Å². The lowest BCUT2D eigenvalue weighted by Gasteiger charge is -2.34. The Morgan fingerprint density at radius 1 is 0.964 bits per heavy atom. The molecule has 2 fully saturated rings. The summed E-state index contributed by atoms with van der Waals surface area (Å²) in [7, 11) is -3.51. The summed E-state index contributed by atoms with van der Waals surface area (Å²) in [6.07, 6.45) is 1.79. The van der Waals surface area contributed by atoms with Crippen molar-refractivity contribution in [3.8, 4) is 0 Å². The van der Waals surface area contributed by atoms with Crippen molar-refractivity contribution in [2.75, 3.05) is 39.3 Å². The van der Waals surface area contributed by atoms with E-state index in [1.165, 1.54) is 15.2 Å². The minimum absolute atomic E-state index is 0.0887. The van der Waals surface area contributed by atoms with E-state index in [-0.39, 0.29) is 10.8 Å². The topological polar surface area (TPSA) is 60.9 Å². The summed E-state index contributed by atoms with van der Waals surface area (Å²) >= 11 is 1.75. The van der Waals surface area contributed by atoms with Crippen LogP contribution in [0.3, 0.4) is 0 Å². The molecule has 6 nitrogen and oxygen atoms in total. The highest BCUT2D eigenvalue weighted by Crippen LogP contribution is 2.22. The van der Waals surface area contributed by atoms with E-state index in [0.29, 0.717) is 31.7 Å². The van der Waals surface area contributed by atoms with E-state index in [1.54, 1.807) is 29.5 Å². The smallest absolute Gasteiger partial charge is 0.253 e. The number of carbonyl (C=O) groups excluding carboxylic acids is 1. The van der Waals surface area contributed by atoms with Crippen LogP contribution in [0.5, 0.6) is 0 Å². The first kappa shape index (κ1) is 19.6. The fourth-order valence-corrected chi connectivity index (χ4v) is 6.09. The zero-order chi connectivity index (χ0) is 19.6. The molecule has 0 radical (unpaired) electrons. The predicted molar refractivity (Wildman–Crippen MR) is 110 cm³/mol. The summed E-state index contributed by atoms with van der Waals surface area (Å²) in [5.41, 5.74) is 0.451.